The number of hydrogen-bond acceptors (Lipinski definition) is 3. The van der Waals surface area contributed by atoms with Crippen LogP contribution in [0.2, 0.25) is 0 Å². The first kappa shape index (κ1) is 16.6. The minimum absolute atomic E-state index is 0.156. The zero-order chi connectivity index (χ0) is 15.0. The summed E-state index contributed by atoms with van der Waals surface area (Å²) in [6.07, 6.45) is 0.413. The van der Waals surface area contributed by atoms with E-state index in [2.05, 4.69) is 35.1 Å². The summed E-state index contributed by atoms with van der Waals surface area (Å²) in [4.78, 5) is 22.9. The highest BCUT2D eigenvalue weighted by atomic mass is 32.2. The lowest BCUT2D eigenvalue weighted by Crippen LogP contribution is -2.42. The number of carbonyl (C=O) groups is 2. The summed E-state index contributed by atoms with van der Waals surface area (Å²) in [7, 11) is 0. The lowest BCUT2D eigenvalue weighted by Gasteiger charge is -2.08. The van der Waals surface area contributed by atoms with E-state index < -0.39 is 0 Å². The highest BCUT2D eigenvalue weighted by Gasteiger charge is 2.06. The van der Waals surface area contributed by atoms with E-state index in [9.17, 15) is 9.59 Å². The number of thioether (sulfide) groups is 1. The van der Waals surface area contributed by atoms with Crippen molar-refractivity contribution in [2.24, 2.45) is 5.92 Å². The van der Waals surface area contributed by atoms with Gasteiger partial charge in [0.2, 0.25) is 11.8 Å². The van der Waals surface area contributed by atoms with Crippen molar-refractivity contribution in [1.82, 2.24) is 10.9 Å². The van der Waals surface area contributed by atoms with Crippen LogP contribution in [-0.2, 0) is 15.3 Å². The Morgan fingerprint density at radius 2 is 1.70 bits per heavy atom. The molecule has 2 amide bonds. The smallest absolute Gasteiger partial charge is 0.248 e. The van der Waals surface area contributed by atoms with E-state index in [0.29, 0.717) is 12.2 Å². The second-order valence-electron chi connectivity index (χ2n) is 5.17. The SMILES string of the molecule is Cc1ccc(CSCC(=O)NNC(=O)CC(C)C)cc1. The second kappa shape index (κ2) is 8.64. The Balaban J connectivity index is 2.17. The maximum absolute atomic E-state index is 11.5. The fourth-order valence-electron chi connectivity index (χ4n) is 1.54. The van der Waals surface area contributed by atoms with Gasteiger partial charge in [-0.1, -0.05) is 43.7 Å². The van der Waals surface area contributed by atoms with E-state index >= 15 is 0 Å². The number of benzene rings is 1. The quantitative estimate of drug-likeness (QED) is 0.792. The number of carbonyl (C=O) groups excluding carboxylic acids is 2. The standard InChI is InChI=1S/C15H22N2O2S/c1-11(2)8-14(18)16-17-15(19)10-20-9-13-6-4-12(3)5-7-13/h4-7,11H,8-10H2,1-3H3,(H,16,18)(H,17,19). The molecule has 0 unspecified atom stereocenters. The number of rotatable bonds is 6. The van der Waals surface area contributed by atoms with Crippen molar-refractivity contribution in [1.29, 1.82) is 0 Å². The number of hydrazine groups is 1. The van der Waals surface area contributed by atoms with Gasteiger partial charge in [0.25, 0.3) is 0 Å². The first-order valence-corrected chi connectivity index (χ1v) is 7.84. The Kier molecular flexibility index (Phi) is 7.15. The Bertz CT molecular complexity index is 444. The molecule has 0 aliphatic rings. The van der Waals surface area contributed by atoms with Crippen LogP contribution in [0.15, 0.2) is 24.3 Å². The van der Waals surface area contributed by atoms with E-state index in [-0.39, 0.29) is 17.7 Å². The molecule has 110 valence electrons. The van der Waals surface area contributed by atoms with Crippen molar-refractivity contribution >= 4 is 23.6 Å². The average molecular weight is 294 g/mol. The third-order valence-electron chi connectivity index (χ3n) is 2.56. The van der Waals surface area contributed by atoms with E-state index in [1.807, 2.05) is 20.8 Å². The van der Waals surface area contributed by atoms with E-state index in [4.69, 9.17) is 0 Å². The van der Waals surface area contributed by atoms with Crippen LogP contribution < -0.4 is 10.9 Å². The Morgan fingerprint density at radius 3 is 2.30 bits per heavy atom. The molecule has 0 heterocycles. The van der Waals surface area contributed by atoms with Crippen LogP contribution in [0, 0.1) is 12.8 Å². The molecule has 0 aromatic heterocycles. The van der Waals surface area contributed by atoms with Crippen molar-refractivity contribution in [3.05, 3.63) is 35.4 Å². The minimum Gasteiger partial charge on any atom is -0.273 e. The van der Waals surface area contributed by atoms with Crippen molar-refractivity contribution in [2.45, 2.75) is 32.9 Å². The van der Waals surface area contributed by atoms with Gasteiger partial charge in [0.05, 0.1) is 5.75 Å². The first-order valence-electron chi connectivity index (χ1n) is 6.68. The number of hydrogen-bond donors (Lipinski definition) is 2. The van der Waals surface area contributed by atoms with Crippen LogP contribution >= 0.6 is 11.8 Å². The zero-order valence-electron chi connectivity index (χ0n) is 12.2. The maximum atomic E-state index is 11.5. The van der Waals surface area contributed by atoms with Gasteiger partial charge in [-0.3, -0.25) is 20.4 Å². The van der Waals surface area contributed by atoms with Gasteiger partial charge in [0.15, 0.2) is 0 Å². The summed E-state index contributed by atoms with van der Waals surface area (Å²) in [5.41, 5.74) is 7.26. The third kappa shape index (κ3) is 7.19. The fraction of sp³-hybridized carbons (Fsp3) is 0.467. The van der Waals surface area contributed by atoms with Crippen LogP contribution in [0.3, 0.4) is 0 Å². The highest BCUT2D eigenvalue weighted by Crippen LogP contribution is 2.12. The predicted octanol–water partition coefficient (Wildman–Crippen LogP) is 2.42. The Hall–Kier alpha value is -1.49. The molecule has 0 aliphatic heterocycles. The number of nitrogens with one attached hydrogen (secondary N) is 2. The van der Waals surface area contributed by atoms with Gasteiger partial charge >= 0.3 is 0 Å². The molecule has 0 aliphatic carbocycles. The third-order valence-corrected chi connectivity index (χ3v) is 3.56. The average Bonchev–Trinajstić information content (AvgIpc) is 2.38. The van der Waals surface area contributed by atoms with Gasteiger partial charge < -0.3 is 0 Å². The monoisotopic (exact) mass is 294 g/mol. The summed E-state index contributed by atoms with van der Waals surface area (Å²) in [5.74, 6) is 1.06. The summed E-state index contributed by atoms with van der Waals surface area (Å²) in [5, 5.41) is 0. The summed E-state index contributed by atoms with van der Waals surface area (Å²) in [6, 6.07) is 8.24. The normalized spacial score (nSPS) is 10.4. The molecule has 2 N–H and O–H groups in total. The van der Waals surface area contributed by atoms with E-state index in [0.717, 1.165) is 5.75 Å². The first-order chi connectivity index (χ1) is 9.47. The molecule has 1 aromatic carbocycles. The van der Waals surface area contributed by atoms with Crippen molar-refractivity contribution < 1.29 is 9.59 Å². The molecule has 0 saturated carbocycles. The summed E-state index contributed by atoms with van der Waals surface area (Å²) < 4.78 is 0. The van der Waals surface area contributed by atoms with Gasteiger partial charge in [-0.05, 0) is 18.4 Å². The summed E-state index contributed by atoms with van der Waals surface area (Å²) in [6.45, 7) is 5.96. The van der Waals surface area contributed by atoms with Gasteiger partial charge in [-0.2, -0.15) is 0 Å². The molecule has 0 fully saturated rings. The minimum atomic E-state index is -0.181. The van der Waals surface area contributed by atoms with Crippen molar-refractivity contribution in [3.8, 4) is 0 Å². The fourth-order valence-corrected chi connectivity index (χ4v) is 2.33. The lowest BCUT2D eigenvalue weighted by molar-refractivity contribution is -0.128. The Morgan fingerprint density at radius 1 is 1.10 bits per heavy atom. The van der Waals surface area contributed by atoms with Crippen LogP contribution in [0.4, 0.5) is 0 Å². The molecule has 4 nitrogen and oxygen atoms in total. The molecule has 1 rings (SSSR count). The van der Waals surface area contributed by atoms with Gasteiger partial charge in [0.1, 0.15) is 0 Å². The topological polar surface area (TPSA) is 58.2 Å². The van der Waals surface area contributed by atoms with E-state index in [1.165, 1.54) is 22.9 Å². The Labute approximate surface area is 124 Å². The number of aryl methyl sites for hydroxylation is 1. The summed E-state index contributed by atoms with van der Waals surface area (Å²) >= 11 is 1.52. The second-order valence-corrected chi connectivity index (χ2v) is 6.16. The lowest BCUT2D eigenvalue weighted by atomic mass is 10.1. The van der Waals surface area contributed by atoms with Crippen molar-refractivity contribution in [2.75, 3.05) is 5.75 Å². The van der Waals surface area contributed by atoms with Crippen molar-refractivity contribution in [3.63, 3.8) is 0 Å². The zero-order valence-corrected chi connectivity index (χ0v) is 13.0. The molecule has 0 atom stereocenters. The van der Waals surface area contributed by atoms with Crippen LogP contribution in [-0.4, -0.2) is 17.6 Å². The molecule has 20 heavy (non-hydrogen) atoms. The van der Waals surface area contributed by atoms with Gasteiger partial charge in [-0.25, -0.2) is 0 Å². The van der Waals surface area contributed by atoms with Gasteiger partial charge in [0, 0.05) is 12.2 Å². The largest absolute Gasteiger partial charge is 0.273 e. The number of amides is 2. The van der Waals surface area contributed by atoms with Crippen LogP contribution in [0.1, 0.15) is 31.4 Å². The molecule has 0 spiro atoms. The molecule has 0 saturated heterocycles. The molecule has 0 bridgehead atoms. The highest BCUT2D eigenvalue weighted by molar-refractivity contribution is 7.99. The van der Waals surface area contributed by atoms with Gasteiger partial charge in [-0.15, -0.1) is 11.8 Å². The molecule has 1 aromatic rings. The molecular weight excluding hydrogens is 272 g/mol. The van der Waals surface area contributed by atoms with E-state index in [1.54, 1.807) is 0 Å². The molecule has 0 radical (unpaired) electrons. The van der Waals surface area contributed by atoms with Crippen LogP contribution in [0.5, 0.6) is 0 Å². The molecular formula is C15H22N2O2S. The predicted molar refractivity (Wildman–Crippen MR) is 83.1 cm³/mol. The van der Waals surface area contributed by atoms with Crippen LogP contribution in [0.25, 0.3) is 0 Å². The molecule has 5 heteroatoms. The maximum Gasteiger partial charge on any atom is 0.248 e.